The van der Waals surface area contributed by atoms with Crippen LogP contribution in [0.15, 0.2) is 50.1 Å². The number of likely N-dealkylation sites (tertiary alicyclic amines) is 1. The maximum atomic E-state index is 12.9. The van der Waals surface area contributed by atoms with Gasteiger partial charge in [-0.05, 0) is 55.9 Å². The van der Waals surface area contributed by atoms with Crippen LogP contribution in [0.1, 0.15) is 68.9 Å². The van der Waals surface area contributed by atoms with Gasteiger partial charge in [-0.3, -0.25) is 9.48 Å². The van der Waals surface area contributed by atoms with Crippen LogP contribution in [0.4, 0.5) is 0 Å². The number of hydrogen-bond acceptors (Lipinski definition) is 3. The van der Waals surface area contributed by atoms with Crippen LogP contribution in [0.5, 0.6) is 0 Å². The van der Waals surface area contributed by atoms with Crippen molar-refractivity contribution in [2.45, 2.75) is 77.7 Å². The Bertz CT molecular complexity index is 799. The number of aromatic nitrogens is 3. The third kappa shape index (κ3) is 6.30. The first kappa shape index (κ1) is 24.2. The molecule has 5 heteroatoms. The highest BCUT2D eigenvalue weighted by atomic mass is 16.2. The molecule has 0 N–H and O–H groups in total. The number of amides is 1. The van der Waals surface area contributed by atoms with E-state index in [4.69, 9.17) is 0 Å². The van der Waals surface area contributed by atoms with E-state index >= 15 is 0 Å². The van der Waals surface area contributed by atoms with E-state index in [0.29, 0.717) is 12.3 Å². The largest absolute Gasteiger partial charge is 0.343 e. The maximum Gasteiger partial charge on any atom is 0.222 e. The smallest absolute Gasteiger partial charge is 0.222 e. The Morgan fingerprint density at radius 3 is 2.31 bits per heavy atom. The highest BCUT2D eigenvalue weighted by molar-refractivity contribution is 5.76. The Morgan fingerprint density at radius 2 is 1.72 bits per heavy atom. The molecule has 32 heavy (non-hydrogen) atoms. The van der Waals surface area contributed by atoms with Gasteiger partial charge in [0.25, 0.3) is 0 Å². The molecule has 2 aliphatic rings. The van der Waals surface area contributed by atoms with Gasteiger partial charge in [0.05, 0.1) is 0 Å². The van der Waals surface area contributed by atoms with E-state index in [1.165, 1.54) is 49.7 Å². The number of nitrogens with zero attached hydrogens (tertiary/aromatic N) is 4. The summed E-state index contributed by atoms with van der Waals surface area (Å²) in [6, 6.07) is 8.56. The summed E-state index contributed by atoms with van der Waals surface area (Å²) in [4.78, 5) is 19.2. The zero-order valence-corrected chi connectivity index (χ0v) is 19.8. The van der Waals surface area contributed by atoms with Gasteiger partial charge in [-0.25, -0.2) is 4.98 Å². The van der Waals surface area contributed by atoms with Crippen molar-refractivity contribution < 1.29 is 4.79 Å². The standard InChI is InChI=1S/C25H36N4O.C2H4/c1-21-8-10-22(11-9-21)12-13-24(30)28-16-14-25(15-17-28,18-29-20-26-19-27-29)23-6-4-2-3-5-7-23;1-2/h8-11,19-20,23H,2-7,12-18H2,1H3;1-2H2. The molecule has 5 nitrogen and oxygen atoms in total. The Balaban J connectivity index is 0.00000141. The average Bonchev–Trinajstić information content (AvgIpc) is 3.18. The van der Waals surface area contributed by atoms with E-state index < -0.39 is 0 Å². The summed E-state index contributed by atoms with van der Waals surface area (Å²) in [5.41, 5.74) is 2.78. The van der Waals surface area contributed by atoms with E-state index in [9.17, 15) is 4.79 Å². The lowest BCUT2D eigenvalue weighted by Crippen LogP contribution is -2.48. The van der Waals surface area contributed by atoms with E-state index in [1.807, 2.05) is 11.0 Å². The minimum atomic E-state index is 0.256. The maximum absolute atomic E-state index is 12.9. The van der Waals surface area contributed by atoms with Gasteiger partial charge in [0.15, 0.2) is 0 Å². The van der Waals surface area contributed by atoms with Gasteiger partial charge in [0, 0.05) is 26.1 Å². The lowest BCUT2D eigenvalue weighted by molar-refractivity contribution is -0.134. The molecule has 1 aliphatic carbocycles. The molecule has 1 amide bonds. The van der Waals surface area contributed by atoms with Crippen molar-refractivity contribution in [1.82, 2.24) is 19.7 Å². The predicted octanol–water partition coefficient (Wildman–Crippen LogP) is 5.60. The summed E-state index contributed by atoms with van der Waals surface area (Å²) in [5, 5.41) is 4.42. The summed E-state index contributed by atoms with van der Waals surface area (Å²) in [6.07, 6.45) is 15.2. The summed E-state index contributed by atoms with van der Waals surface area (Å²) < 4.78 is 2.03. The molecule has 0 unspecified atom stereocenters. The lowest BCUT2D eigenvalue weighted by atomic mass is 9.66. The molecular formula is C27H40N4O. The fourth-order valence-electron chi connectivity index (χ4n) is 5.59. The van der Waals surface area contributed by atoms with E-state index in [1.54, 1.807) is 6.33 Å². The Labute approximate surface area is 193 Å². The van der Waals surface area contributed by atoms with Gasteiger partial charge < -0.3 is 4.90 Å². The Kier molecular flexibility index (Phi) is 9.07. The molecule has 4 rings (SSSR count). The van der Waals surface area contributed by atoms with E-state index in [-0.39, 0.29) is 5.41 Å². The predicted molar refractivity (Wildman–Crippen MR) is 130 cm³/mol. The van der Waals surface area contributed by atoms with Crippen molar-refractivity contribution in [2.24, 2.45) is 11.3 Å². The number of hydrogen-bond donors (Lipinski definition) is 0. The summed E-state index contributed by atoms with van der Waals surface area (Å²) in [7, 11) is 0. The van der Waals surface area contributed by atoms with Crippen molar-refractivity contribution in [3.63, 3.8) is 0 Å². The molecular weight excluding hydrogens is 396 g/mol. The number of rotatable bonds is 6. The fourth-order valence-corrected chi connectivity index (χ4v) is 5.59. The van der Waals surface area contributed by atoms with Gasteiger partial charge in [-0.15, -0.1) is 13.2 Å². The zero-order chi connectivity index (χ0) is 22.8. The van der Waals surface area contributed by atoms with Crippen molar-refractivity contribution in [2.75, 3.05) is 13.1 Å². The monoisotopic (exact) mass is 436 g/mol. The first-order valence-corrected chi connectivity index (χ1v) is 12.3. The fraction of sp³-hybridized carbons (Fsp3) is 0.593. The number of benzene rings is 1. The lowest BCUT2D eigenvalue weighted by Gasteiger charge is -2.46. The SMILES string of the molecule is C=C.Cc1ccc(CCC(=O)N2CCC(Cn3cncn3)(C3CCCCCC3)CC2)cc1. The second-order valence-corrected chi connectivity index (χ2v) is 9.51. The molecule has 0 bridgehead atoms. The minimum Gasteiger partial charge on any atom is -0.343 e. The molecule has 1 aromatic heterocycles. The quantitative estimate of drug-likeness (QED) is 0.437. The van der Waals surface area contributed by atoms with Crippen molar-refractivity contribution in [3.8, 4) is 0 Å². The second-order valence-electron chi connectivity index (χ2n) is 9.51. The third-order valence-corrected chi connectivity index (χ3v) is 7.52. The number of carbonyl (C=O) groups excluding carboxylic acids is 1. The first-order valence-electron chi connectivity index (χ1n) is 12.3. The van der Waals surface area contributed by atoms with Crippen LogP contribution in [0.3, 0.4) is 0 Å². The van der Waals surface area contributed by atoms with Gasteiger partial charge in [-0.1, -0.05) is 55.5 Å². The number of carbonyl (C=O) groups is 1. The van der Waals surface area contributed by atoms with Gasteiger partial charge in [0.1, 0.15) is 12.7 Å². The van der Waals surface area contributed by atoms with Crippen LogP contribution < -0.4 is 0 Å². The molecule has 0 radical (unpaired) electrons. The van der Waals surface area contributed by atoms with Gasteiger partial charge in [-0.2, -0.15) is 5.10 Å². The summed E-state index contributed by atoms with van der Waals surface area (Å²) >= 11 is 0. The van der Waals surface area contributed by atoms with Gasteiger partial charge in [0.2, 0.25) is 5.91 Å². The van der Waals surface area contributed by atoms with Crippen LogP contribution in [0.25, 0.3) is 0 Å². The van der Waals surface area contributed by atoms with Crippen LogP contribution >= 0.6 is 0 Å². The summed E-state index contributed by atoms with van der Waals surface area (Å²) in [6.45, 7) is 10.8. The molecule has 174 valence electrons. The Morgan fingerprint density at radius 1 is 1.06 bits per heavy atom. The molecule has 1 aromatic carbocycles. The second kappa shape index (κ2) is 12.0. The molecule has 2 fully saturated rings. The van der Waals surface area contributed by atoms with Crippen LogP contribution in [-0.4, -0.2) is 38.7 Å². The van der Waals surface area contributed by atoms with E-state index in [2.05, 4.69) is 59.3 Å². The van der Waals surface area contributed by atoms with Crippen LogP contribution in [0, 0.1) is 18.3 Å². The average molecular weight is 437 g/mol. The number of piperidine rings is 1. The highest BCUT2D eigenvalue weighted by Gasteiger charge is 2.42. The van der Waals surface area contributed by atoms with Crippen molar-refractivity contribution >= 4 is 5.91 Å². The third-order valence-electron chi connectivity index (χ3n) is 7.52. The molecule has 0 spiro atoms. The molecule has 1 aliphatic heterocycles. The minimum absolute atomic E-state index is 0.256. The van der Waals surface area contributed by atoms with Crippen molar-refractivity contribution in [1.29, 1.82) is 0 Å². The topological polar surface area (TPSA) is 51.0 Å². The zero-order valence-electron chi connectivity index (χ0n) is 19.8. The Hall–Kier alpha value is -2.43. The normalized spacial score (nSPS) is 19.0. The number of aryl methyl sites for hydroxylation is 2. The highest BCUT2D eigenvalue weighted by Crippen LogP contribution is 2.46. The molecule has 2 heterocycles. The molecule has 2 aromatic rings. The van der Waals surface area contributed by atoms with E-state index in [0.717, 1.165) is 44.8 Å². The summed E-state index contributed by atoms with van der Waals surface area (Å²) in [5.74, 6) is 1.06. The molecule has 1 saturated carbocycles. The first-order chi connectivity index (χ1) is 15.6. The van der Waals surface area contributed by atoms with Crippen molar-refractivity contribution in [3.05, 3.63) is 61.2 Å². The molecule has 0 atom stereocenters. The molecule has 1 saturated heterocycles. The van der Waals surface area contributed by atoms with Crippen LogP contribution in [0.2, 0.25) is 0 Å². The van der Waals surface area contributed by atoms with Crippen LogP contribution in [-0.2, 0) is 17.8 Å². The van der Waals surface area contributed by atoms with Gasteiger partial charge >= 0.3 is 0 Å².